The molecule has 0 unspecified atom stereocenters. The van der Waals surface area contributed by atoms with E-state index in [4.69, 9.17) is 4.74 Å². The fraction of sp³-hybridized carbons (Fsp3) is 0.273. The summed E-state index contributed by atoms with van der Waals surface area (Å²) in [6, 6.07) is 15.6. The second-order valence-corrected chi connectivity index (χ2v) is 7.55. The Balaban J connectivity index is 1.53. The number of carbonyl (C=O) groups is 1. The van der Waals surface area contributed by atoms with Crippen LogP contribution >= 0.6 is 0 Å². The number of imidazole rings is 1. The molecule has 0 saturated carbocycles. The fourth-order valence-electron chi connectivity index (χ4n) is 2.74. The fourth-order valence-corrected chi connectivity index (χ4v) is 2.74. The highest BCUT2D eigenvalue weighted by molar-refractivity contribution is 5.91. The van der Waals surface area contributed by atoms with Crippen molar-refractivity contribution < 1.29 is 9.53 Å². The number of ether oxygens (including phenoxy) is 1. The molecule has 0 saturated heterocycles. The second-order valence-electron chi connectivity index (χ2n) is 7.55. The van der Waals surface area contributed by atoms with Crippen molar-refractivity contribution in [3.8, 4) is 5.75 Å². The van der Waals surface area contributed by atoms with Crippen LogP contribution in [0.25, 0.3) is 0 Å². The molecule has 27 heavy (non-hydrogen) atoms. The lowest BCUT2D eigenvalue weighted by atomic mass is 9.87. The summed E-state index contributed by atoms with van der Waals surface area (Å²) in [5.74, 6) is 0.502. The maximum Gasteiger partial charge on any atom is 0.262 e. The van der Waals surface area contributed by atoms with Crippen LogP contribution in [0.15, 0.2) is 67.3 Å². The number of anilines is 1. The standard InChI is InChI=1S/C22H25N3O2/c1-22(2,3)18-7-9-20(10-8-18)27-15-21(26)24-19-6-4-5-17(13-19)14-25-12-11-23-16-25/h4-13,16H,14-15H2,1-3H3,(H,24,26). The van der Waals surface area contributed by atoms with Crippen molar-refractivity contribution in [3.63, 3.8) is 0 Å². The van der Waals surface area contributed by atoms with E-state index in [0.717, 1.165) is 11.3 Å². The summed E-state index contributed by atoms with van der Waals surface area (Å²) in [4.78, 5) is 16.2. The van der Waals surface area contributed by atoms with Crippen LogP contribution in [0.5, 0.6) is 5.75 Å². The van der Waals surface area contributed by atoms with Crippen LogP contribution in [0.1, 0.15) is 31.9 Å². The Morgan fingerprint density at radius 1 is 1.15 bits per heavy atom. The summed E-state index contributed by atoms with van der Waals surface area (Å²) < 4.78 is 7.58. The molecule has 1 heterocycles. The zero-order valence-corrected chi connectivity index (χ0v) is 16.0. The first-order chi connectivity index (χ1) is 12.9. The molecule has 0 fully saturated rings. The lowest BCUT2D eigenvalue weighted by Gasteiger charge is -2.19. The first-order valence-electron chi connectivity index (χ1n) is 8.98. The van der Waals surface area contributed by atoms with Gasteiger partial charge in [-0.25, -0.2) is 4.98 Å². The quantitative estimate of drug-likeness (QED) is 0.712. The molecule has 0 bridgehead atoms. The third-order valence-corrected chi connectivity index (χ3v) is 4.23. The van der Waals surface area contributed by atoms with Crippen molar-refractivity contribution >= 4 is 11.6 Å². The highest BCUT2D eigenvalue weighted by Gasteiger charge is 2.13. The van der Waals surface area contributed by atoms with Gasteiger partial charge in [-0.2, -0.15) is 0 Å². The molecular formula is C22H25N3O2. The van der Waals surface area contributed by atoms with E-state index in [1.165, 1.54) is 5.56 Å². The number of rotatable bonds is 6. The van der Waals surface area contributed by atoms with E-state index in [-0.39, 0.29) is 17.9 Å². The first-order valence-corrected chi connectivity index (χ1v) is 8.98. The molecule has 3 aromatic rings. The number of aromatic nitrogens is 2. The van der Waals surface area contributed by atoms with Crippen LogP contribution in [-0.4, -0.2) is 22.1 Å². The van der Waals surface area contributed by atoms with Crippen molar-refractivity contribution in [3.05, 3.63) is 78.4 Å². The van der Waals surface area contributed by atoms with Crippen LogP contribution in [0.2, 0.25) is 0 Å². The molecule has 0 aliphatic carbocycles. The van der Waals surface area contributed by atoms with Crippen molar-refractivity contribution in [2.45, 2.75) is 32.7 Å². The van der Waals surface area contributed by atoms with Gasteiger partial charge in [0, 0.05) is 24.6 Å². The number of carbonyl (C=O) groups excluding carboxylic acids is 1. The summed E-state index contributed by atoms with van der Waals surface area (Å²) in [5.41, 5.74) is 3.17. The largest absolute Gasteiger partial charge is 0.484 e. The smallest absolute Gasteiger partial charge is 0.262 e. The molecule has 0 atom stereocenters. The van der Waals surface area contributed by atoms with Crippen molar-refractivity contribution in [2.75, 3.05) is 11.9 Å². The molecule has 3 rings (SSSR count). The van der Waals surface area contributed by atoms with Crippen molar-refractivity contribution in [1.29, 1.82) is 0 Å². The van der Waals surface area contributed by atoms with E-state index in [2.05, 4.69) is 31.1 Å². The van der Waals surface area contributed by atoms with E-state index in [1.807, 2.05) is 59.3 Å². The maximum atomic E-state index is 12.2. The van der Waals surface area contributed by atoms with Gasteiger partial charge in [-0.1, -0.05) is 45.0 Å². The van der Waals surface area contributed by atoms with Crippen LogP contribution in [0.4, 0.5) is 5.69 Å². The third kappa shape index (κ3) is 5.45. The minimum Gasteiger partial charge on any atom is -0.484 e. The van der Waals surface area contributed by atoms with Gasteiger partial charge in [0.1, 0.15) is 5.75 Å². The summed E-state index contributed by atoms with van der Waals surface area (Å²) in [5, 5.41) is 2.88. The van der Waals surface area contributed by atoms with Gasteiger partial charge < -0.3 is 14.6 Å². The monoisotopic (exact) mass is 363 g/mol. The Morgan fingerprint density at radius 3 is 2.59 bits per heavy atom. The molecule has 5 heteroatoms. The normalized spacial score (nSPS) is 11.2. The Labute approximate surface area is 160 Å². The molecule has 1 aromatic heterocycles. The van der Waals surface area contributed by atoms with Gasteiger partial charge in [-0.3, -0.25) is 4.79 Å². The van der Waals surface area contributed by atoms with E-state index in [1.54, 1.807) is 12.5 Å². The van der Waals surface area contributed by atoms with Gasteiger partial charge in [-0.05, 0) is 40.8 Å². The Hall–Kier alpha value is -3.08. The Morgan fingerprint density at radius 2 is 1.93 bits per heavy atom. The highest BCUT2D eigenvalue weighted by Crippen LogP contribution is 2.24. The van der Waals surface area contributed by atoms with Crippen LogP contribution in [0, 0.1) is 0 Å². The molecule has 140 valence electrons. The zero-order valence-electron chi connectivity index (χ0n) is 16.0. The SMILES string of the molecule is CC(C)(C)c1ccc(OCC(=O)Nc2cccc(Cn3ccnc3)c2)cc1. The molecule has 1 amide bonds. The predicted octanol–water partition coefficient (Wildman–Crippen LogP) is 4.25. The van der Waals surface area contributed by atoms with Gasteiger partial charge in [0.25, 0.3) is 5.91 Å². The number of amides is 1. The minimum absolute atomic E-state index is 0.0272. The average Bonchev–Trinajstić information content (AvgIpc) is 3.13. The molecule has 1 N–H and O–H groups in total. The van der Waals surface area contributed by atoms with Crippen LogP contribution in [0.3, 0.4) is 0 Å². The number of benzene rings is 2. The number of hydrogen-bond acceptors (Lipinski definition) is 3. The lowest BCUT2D eigenvalue weighted by molar-refractivity contribution is -0.118. The summed E-state index contributed by atoms with van der Waals surface area (Å²) in [7, 11) is 0. The maximum absolute atomic E-state index is 12.2. The Bertz CT molecular complexity index is 879. The summed E-state index contributed by atoms with van der Waals surface area (Å²) in [6.07, 6.45) is 5.42. The van der Waals surface area contributed by atoms with Crippen LogP contribution < -0.4 is 10.1 Å². The number of hydrogen-bond donors (Lipinski definition) is 1. The highest BCUT2D eigenvalue weighted by atomic mass is 16.5. The zero-order chi connectivity index (χ0) is 19.3. The minimum atomic E-state index is -0.185. The molecule has 0 radical (unpaired) electrons. The van der Waals surface area contributed by atoms with Gasteiger partial charge in [0.05, 0.1) is 6.33 Å². The Kier molecular flexibility index (Phi) is 5.60. The molecule has 5 nitrogen and oxygen atoms in total. The molecule has 0 aliphatic rings. The molecule has 0 aliphatic heterocycles. The number of nitrogens with zero attached hydrogens (tertiary/aromatic N) is 2. The predicted molar refractivity (Wildman–Crippen MR) is 107 cm³/mol. The van der Waals surface area contributed by atoms with E-state index in [0.29, 0.717) is 12.3 Å². The van der Waals surface area contributed by atoms with Gasteiger partial charge in [-0.15, -0.1) is 0 Å². The number of nitrogens with one attached hydrogen (secondary N) is 1. The van der Waals surface area contributed by atoms with Gasteiger partial charge in [0.15, 0.2) is 6.61 Å². The van der Waals surface area contributed by atoms with E-state index < -0.39 is 0 Å². The molecule has 2 aromatic carbocycles. The topological polar surface area (TPSA) is 56.1 Å². The molecular weight excluding hydrogens is 338 g/mol. The summed E-state index contributed by atoms with van der Waals surface area (Å²) >= 11 is 0. The van der Waals surface area contributed by atoms with Gasteiger partial charge in [0.2, 0.25) is 0 Å². The first kappa shape index (κ1) is 18.7. The third-order valence-electron chi connectivity index (χ3n) is 4.23. The summed E-state index contributed by atoms with van der Waals surface area (Å²) in [6.45, 7) is 7.17. The van der Waals surface area contributed by atoms with Crippen molar-refractivity contribution in [1.82, 2.24) is 9.55 Å². The van der Waals surface area contributed by atoms with Crippen molar-refractivity contribution in [2.24, 2.45) is 0 Å². The second kappa shape index (κ2) is 8.08. The molecule has 0 spiro atoms. The van der Waals surface area contributed by atoms with Gasteiger partial charge >= 0.3 is 0 Å². The van der Waals surface area contributed by atoms with Crippen LogP contribution in [-0.2, 0) is 16.8 Å². The van der Waals surface area contributed by atoms with E-state index >= 15 is 0 Å². The lowest BCUT2D eigenvalue weighted by Crippen LogP contribution is -2.20. The van der Waals surface area contributed by atoms with E-state index in [9.17, 15) is 4.79 Å². The average molecular weight is 363 g/mol.